The van der Waals surface area contributed by atoms with Gasteiger partial charge in [0.05, 0.1) is 10.7 Å². The number of ether oxygens (including phenoxy) is 1. The molecular formula is C30H40INO6. The zero-order chi connectivity index (χ0) is 27.7. The van der Waals surface area contributed by atoms with Crippen LogP contribution in [0, 0.1) is 27.2 Å². The number of phenols is 1. The number of benzene rings is 1. The highest BCUT2D eigenvalue weighted by Crippen LogP contribution is 2.48. The van der Waals surface area contributed by atoms with Crippen molar-refractivity contribution in [2.45, 2.75) is 83.6 Å². The molecule has 2 fully saturated rings. The molecule has 0 heterocycles. The summed E-state index contributed by atoms with van der Waals surface area (Å²) in [7, 11) is 1.29. The molecule has 0 bridgehead atoms. The largest absolute Gasteiger partial charge is 0.507 e. The Labute approximate surface area is 239 Å². The quantitative estimate of drug-likeness (QED) is 0.132. The van der Waals surface area contributed by atoms with Crippen LogP contribution in [0.2, 0.25) is 0 Å². The van der Waals surface area contributed by atoms with Crippen molar-refractivity contribution in [1.29, 1.82) is 0 Å². The summed E-state index contributed by atoms with van der Waals surface area (Å²) in [5, 5.41) is 12.5. The SMILES string of the molecule is CCCCC1C(=O)CCC2C(C/C=C\CCCC(=O)NC(Cc3ccc(O)c([125I])c3)C(=O)OC)C(=O)CC12. The van der Waals surface area contributed by atoms with Crippen LogP contribution in [-0.4, -0.2) is 41.7 Å². The standard InChI is InChI=1S/C30H40INO6/c1-3-4-9-22-23-18-28(35)21(20(23)13-15-26(22)33)10-7-5-6-8-11-29(36)32-25(30(37)38-2)17-19-12-14-27(34)24(31)16-19/h5,7,12,14,16,20-23,25,34H,3-4,6,8-11,13,15,17-18H2,1-2H3,(H,32,36)/b7-5-/i31-2. The minimum Gasteiger partial charge on any atom is -0.507 e. The first-order chi connectivity index (χ1) is 18.2. The molecule has 0 radical (unpaired) electrons. The summed E-state index contributed by atoms with van der Waals surface area (Å²) < 4.78 is 5.53. The number of hydrogen-bond donors (Lipinski definition) is 2. The third-order valence-corrected chi connectivity index (χ3v) is 8.91. The summed E-state index contributed by atoms with van der Waals surface area (Å²) in [5.74, 6) is 0.727. The summed E-state index contributed by atoms with van der Waals surface area (Å²) in [5.41, 5.74) is 0.813. The number of ketones is 2. The van der Waals surface area contributed by atoms with Gasteiger partial charge >= 0.3 is 5.97 Å². The second-order valence-corrected chi connectivity index (χ2v) is 11.8. The van der Waals surface area contributed by atoms with Gasteiger partial charge in [0.25, 0.3) is 0 Å². The first kappa shape index (κ1) is 30.3. The molecule has 1 amide bonds. The number of amides is 1. The van der Waals surface area contributed by atoms with Crippen LogP contribution in [0.5, 0.6) is 5.75 Å². The normalized spacial score (nSPS) is 23.9. The number of allylic oxidation sites excluding steroid dienone is 2. The van der Waals surface area contributed by atoms with Crippen LogP contribution in [0.15, 0.2) is 30.4 Å². The topological polar surface area (TPSA) is 110 Å². The molecule has 2 saturated carbocycles. The number of Topliss-reactive ketones (excluding diaryl/α,β-unsaturated/α-hetero) is 2. The van der Waals surface area contributed by atoms with E-state index in [0.717, 1.165) is 31.2 Å². The van der Waals surface area contributed by atoms with Gasteiger partial charge in [0, 0.05) is 37.5 Å². The van der Waals surface area contributed by atoms with Crippen LogP contribution in [0.25, 0.3) is 0 Å². The van der Waals surface area contributed by atoms with Crippen LogP contribution in [-0.2, 0) is 30.3 Å². The smallest absolute Gasteiger partial charge is 0.328 e. The molecule has 1 aromatic carbocycles. The molecule has 5 unspecified atom stereocenters. The van der Waals surface area contributed by atoms with Gasteiger partial charge in [-0.25, -0.2) is 4.79 Å². The van der Waals surface area contributed by atoms with Gasteiger partial charge in [0.2, 0.25) is 5.91 Å². The predicted octanol–water partition coefficient (Wildman–Crippen LogP) is 5.30. The molecule has 0 aliphatic heterocycles. The maximum absolute atomic E-state index is 12.8. The Morgan fingerprint density at radius 2 is 1.95 bits per heavy atom. The Kier molecular flexibility index (Phi) is 11.8. The molecule has 3 rings (SSSR count). The van der Waals surface area contributed by atoms with Crippen molar-refractivity contribution in [3.05, 3.63) is 39.5 Å². The fourth-order valence-electron chi connectivity index (χ4n) is 6.02. The Morgan fingerprint density at radius 1 is 1.16 bits per heavy atom. The van der Waals surface area contributed by atoms with E-state index in [1.54, 1.807) is 18.2 Å². The molecule has 208 valence electrons. The maximum atomic E-state index is 12.8. The van der Waals surface area contributed by atoms with Gasteiger partial charge in [-0.1, -0.05) is 38.0 Å². The van der Waals surface area contributed by atoms with Crippen molar-refractivity contribution in [2.24, 2.45) is 23.7 Å². The number of phenolic OH excluding ortho intramolecular Hbond substituents is 1. The number of nitrogens with one attached hydrogen (secondary N) is 1. The zero-order valence-corrected chi connectivity index (χ0v) is 24.6. The summed E-state index contributed by atoms with van der Waals surface area (Å²) in [6.07, 6.45) is 11.7. The van der Waals surface area contributed by atoms with Gasteiger partial charge in [-0.3, -0.25) is 14.4 Å². The van der Waals surface area contributed by atoms with Crippen molar-refractivity contribution in [3.8, 4) is 5.75 Å². The first-order valence-corrected chi connectivity index (χ1v) is 14.9. The van der Waals surface area contributed by atoms with E-state index in [1.165, 1.54) is 7.11 Å². The number of carbonyl (C=O) groups is 4. The molecular weight excluding hydrogens is 595 g/mol. The molecule has 0 aromatic heterocycles. The molecule has 0 spiro atoms. The Morgan fingerprint density at radius 3 is 2.66 bits per heavy atom. The van der Waals surface area contributed by atoms with Crippen molar-refractivity contribution in [2.75, 3.05) is 7.11 Å². The number of halogens is 1. The molecule has 8 heteroatoms. The number of methoxy groups -OCH3 is 1. The lowest BCUT2D eigenvalue weighted by molar-refractivity contribution is -0.145. The lowest BCUT2D eigenvalue weighted by atomic mass is 9.69. The molecule has 2 aliphatic carbocycles. The van der Waals surface area contributed by atoms with Gasteiger partial charge in [-0.05, 0) is 84.2 Å². The molecule has 1 aromatic rings. The summed E-state index contributed by atoms with van der Waals surface area (Å²) in [6, 6.07) is 4.26. The maximum Gasteiger partial charge on any atom is 0.328 e. The first-order valence-electron chi connectivity index (χ1n) is 13.8. The Hall–Kier alpha value is -2.23. The van der Waals surface area contributed by atoms with E-state index in [2.05, 4.69) is 18.3 Å². The lowest BCUT2D eigenvalue weighted by Gasteiger charge is -2.34. The molecule has 0 saturated heterocycles. The van der Waals surface area contributed by atoms with Crippen molar-refractivity contribution in [1.82, 2.24) is 5.32 Å². The highest BCUT2D eigenvalue weighted by Gasteiger charge is 2.48. The fourth-order valence-corrected chi connectivity index (χ4v) is 6.60. The molecule has 38 heavy (non-hydrogen) atoms. The van der Waals surface area contributed by atoms with Crippen LogP contribution in [0.3, 0.4) is 0 Å². The van der Waals surface area contributed by atoms with Gasteiger partial charge in [-0.2, -0.15) is 0 Å². The number of esters is 1. The second kappa shape index (κ2) is 14.8. The number of fused-ring (bicyclic) bond motifs is 1. The third-order valence-electron chi connectivity index (χ3n) is 8.04. The summed E-state index contributed by atoms with van der Waals surface area (Å²) in [4.78, 5) is 50.0. The zero-order valence-electron chi connectivity index (χ0n) is 22.4. The molecule has 2 aliphatic rings. The number of rotatable bonds is 13. The van der Waals surface area contributed by atoms with E-state index < -0.39 is 12.0 Å². The van der Waals surface area contributed by atoms with Crippen LogP contribution >= 0.6 is 22.6 Å². The second-order valence-electron chi connectivity index (χ2n) is 10.6. The number of unbranched alkanes of at least 4 members (excludes halogenated alkanes) is 2. The van der Waals surface area contributed by atoms with E-state index in [-0.39, 0.29) is 42.3 Å². The van der Waals surface area contributed by atoms with Crippen molar-refractivity contribution < 1.29 is 29.0 Å². The predicted molar refractivity (Wildman–Crippen MR) is 153 cm³/mol. The van der Waals surface area contributed by atoms with E-state index in [4.69, 9.17) is 4.74 Å². The third kappa shape index (κ3) is 8.13. The van der Waals surface area contributed by atoms with Gasteiger partial charge in [0.15, 0.2) is 0 Å². The monoisotopic (exact) mass is 635 g/mol. The van der Waals surface area contributed by atoms with Crippen LogP contribution < -0.4 is 5.32 Å². The van der Waals surface area contributed by atoms with Gasteiger partial charge < -0.3 is 15.2 Å². The summed E-state index contributed by atoms with van der Waals surface area (Å²) >= 11 is 2.01. The average Bonchev–Trinajstić information content (AvgIpc) is 3.21. The van der Waals surface area contributed by atoms with E-state index in [0.29, 0.717) is 53.2 Å². The van der Waals surface area contributed by atoms with Gasteiger partial charge in [0.1, 0.15) is 23.4 Å². The Balaban J connectivity index is 1.43. The Bertz CT molecular complexity index is 1040. The van der Waals surface area contributed by atoms with Crippen molar-refractivity contribution >= 4 is 46.0 Å². The highest BCUT2D eigenvalue weighted by atomic mass is 125. The molecule has 5 atom stereocenters. The minimum absolute atomic E-state index is 0.0144. The highest BCUT2D eigenvalue weighted by molar-refractivity contribution is 14.1. The number of carbonyl (C=O) groups excluding carboxylic acids is 4. The molecule has 7 nitrogen and oxygen atoms in total. The van der Waals surface area contributed by atoms with Crippen molar-refractivity contribution in [3.63, 3.8) is 0 Å². The van der Waals surface area contributed by atoms with E-state index in [9.17, 15) is 24.3 Å². The number of hydrogen-bond acceptors (Lipinski definition) is 6. The van der Waals surface area contributed by atoms with Gasteiger partial charge in [-0.15, -0.1) is 0 Å². The lowest BCUT2D eigenvalue weighted by Crippen LogP contribution is -2.43. The average molecular weight is 636 g/mol. The number of aromatic hydroxyl groups is 1. The van der Waals surface area contributed by atoms with E-state index in [1.807, 2.05) is 28.7 Å². The molecule has 2 N–H and O–H groups in total. The van der Waals surface area contributed by atoms with E-state index >= 15 is 0 Å². The van der Waals surface area contributed by atoms with Crippen LogP contribution in [0.4, 0.5) is 0 Å². The summed E-state index contributed by atoms with van der Waals surface area (Å²) in [6.45, 7) is 2.14. The fraction of sp³-hybridized carbons (Fsp3) is 0.600. The minimum atomic E-state index is -0.798. The van der Waals surface area contributed by atoms with Crippen LogP contribution in [0.1, 0.15) is 76.7 Å².